The van der Waals surface area contributed by atoms with E-state index in [9.17, 15) is 4.79 Å². The third kappa shape index (κ3) is 3.80. The molecule has 0 amide bonds. The maximum atomic E-state index is 12.6. The first-order chi connectivity index (χ1) is 13.7. The number of anilines is 1. The number of fused-ring (bicyclic) bond motifs is 1. The summed E-state index contributed by atoms with van der Waals surface area (Å²) in [6.07, 6.45) is 5.13. The number of ketones is 1. The number of ether oxygens (including phenoxy) is 3. The summed E-state index contributed by atoms with van der Waals surface area (Å²) in [7, 11) is 3.22. The molecule has 1 aliphatic heterocycles. The van der Waals surface area contributed by atoms with Crippen molar-refractivity contribution in [3.63, 3.8) is 0 Å². The van der Waals surface area contributed by atoms with Gasteiger partial charge in [-0.25, -0.2) is 9.97 Å². The summed E-state index contributed by atoms with van der Waals surface area (Å²) in [4.78, 5) is 21.6. The van der Waals surface area contributed by atoms with Crippen LogP contribution in [0.1, 0.15) is 46.8 Å². The highest BCUT2D eigenvalue weighted by atomic mass is 16.5. The summed E-state index contributed by atoms with van der Waals surface area (Å²) in [5.41, 5.74) is 2.46. The van der Waals surface area contributed by atoms with Crippen molar-refractivity contribution in [1.82, 2.24) is 9.97 Å². The summed E-state index contributed by atoms with van der Waals surface area (Å²) in [5, 5.41) is 3.24. The van der Waals surface area contributed by atoms with Crippen LogP contribution in [0.25, 0.3) is 0 Å². The zero-order valence-corrected chi connectivity index (χ0v) is 16.2. The number of nitrogens with one attached hydrogen (secondary N) is 1. The summed E-state index contributed by atoms with van der Waals surface area (Å²) >= 11 is 0. The van der Waals surface area contributed by atoms with E-state index in [1.54, 1.807) is 20.4 Å². The monoisotopic (exact) mass is 383 g/mol. The third-order valence-corrected chi connectivity index (χ3v) is 5.43. The number of Topliss-reactive ketones (excluding diaryl/α,β-unsaturated/α-hetero) is 1. The average molecular weight is 383 g/mol. The van der Waals surface area contributed by atoms with Gasteiger partial charge in [0.2, 0.25) is 5.95 Å². The smallest absolute Gasteiger partial charge is 0.222 e. The molecule has 1 aromatic carbocycles. The lowest BCUT2D eigenvalue weighted by Gasteiger charge is -2.24. The van der Waals surface area contributed by atoms with Gasteiger partial charge in [-0.15, -0.1) is 0 Å². The fourth-order valence-corrected chi connectivity index (χ4v) is 3.88. The predicted molar refractivity (Wildman–Crippen MR) is 104 cm³/mol. The predicted octanol–water partition coefficient (Wildman–Crippen LogP) is 3.00. The van der Waals surface area contributed by atoms with E-state index in [1.165, 1.54) is 0 Å². The van der Waals surface area contributed by atoms with Gasteiger partial charge in [0.25, 0.3) is 0 Å². The zero-order chi connectivity index (χ0) is 19.5. The van der Waals surface area contributed by atoms with Gasteiger partial charge in [-0.2, -0.15) is 0 Å². The van der Waals surface area contributed by atoms with Crippen LogP contribution in [0.4, 0.5) is 5.95 Å². The molecule has 0 unspecified atom stereocenters. The molecule has 1 aliphatic carbocycles. The second-order valence-electron chi connectivity index (χ2n) is 7.21. The van der Waals surface area contributed by atoms with Crippen molar-refractivity contribution >= 4 is 11.7 Å². The second-order valence-corrected chi connectivity index (χ2v) is 7.21. The molecule has 2 atom stereocenters. The molecule has 0 bridgehead atoms. The average Bonchev–Trinajstić information content (AvgIpc) is 3.25. The van der Waals surface area contributed by atoms with Gasteiger partial charge in [-0.1, -0.05) is 6.07 Å². The molecular weight excluding hydrogens is 358 g/mol. The number of nitrogens with zero attached hydrogens (tertiary/aromatic N) is 2. The molecule has 4 rings (SSSR count). The molecule has 28 heavy (non-hydrogen) atoms. The fourth-order valence-electron chi connectivity index (χ4n) is 3.88. The highest BCUT2D eigenvalue weighted by Crippen LogP contribution is 2.36. The topological polar surface area (TPSA) is 82.6 Å². The summed E-state index contributed by atoms with van der Waals surface area (Å²) < 4.78 is 16.3. The SMILES string of the molecule is COc1ccc([C@H]2CC(=O)c3cnc(NC[C@H]4CCCO4)nc3C2)cc1OC. The molecule has 7 nitrogen and oxygen atoms in total. The van der Waals surface area contributed by atoms with Crippen LogP contribution in [-0.4, -0.2) is 49.2 Å². The standard InChI is InChI=1S/C21H25N3O4/c1-26-19-6-5-13(10-20(19)27-2)14-8-17-16(18(25)9-14)12-23-21(24-17)22-11-15-4-3-7-28-15/h5-6,10,12,14-15H,3-4,7-9,11H2,1-2H3,(H,22,23,24)/t14-,15-/m1/s1. The van der Waals surface area contributed by atoms with Crippen LogP contribution in [-0.2, 0) is 11.2 Å². The Kier molecular flexibility index (Phi) is 5.43. The maximum Gasteiger partial charge on any atom is 0.222 e. The van der Waals surface area contributed by atoms with E-state index in [1.807, 2.05) is 18.2 Å². The molecule has 1 aromatic heterocycles. The summed E-state index contributed by atoms with van der Waals surface area (Å²) in [6, 6.07) is 5.81. The van der Waals surface area contributed by atoms with Crippen LogP contribution in [0.15, 0.2) is 24.4 Å². The number of carbonyl (C=O) groups is 1. The van der Waals surface area contributed by atoms with Crippen LogP contribution in [0.5, 0.6) is 11.5 Å². The molecule has 0 saturated carbocycles. The van der Waals surface area contributed by atoms with Gasteiger partial charge in [-0.05, 0) is 42.9 Å². The van der Waals surface area contributed by atoms with Crippen molar-refractivity contribution in [3.05, 3.63) is 41.2 Å². The van der Waals surface area contributed by atoms with Crippen LogP contribution in [0.2, 0.25) is 0 Å². The second kappa shape index (κ2) is 8.14. The fraction of sp³-hybridized carbons (Fsp3) is 0.476. The quantitative estimate of drug-likeness (QED) is 0.821. The van der Waals surface area contributed by atoms with Crippen molar-refractivity contribution in [2.24, 2.45) is 0 Å². The number of benzene rings is 1. The van der Waals surface area contributed by atoms with Gasteiger partial charge >= 0.3 is 0 Å². The van der Waals surface area contributed by atoms with Gasteiger partial charge in [0.05, 0.1) is 31.6 Å². The van der Waals surface area contributed by atoms with Gasteiger partial charge in [-0.3, -0.25) is 4.79 Å². The van der Waals surface area contributed by atoms with E-state index < -0.39 is 0 Å². The Morgan fingerprint density at radius 2 is 2.07 bits per heavy atom. The molecule has 1 N–H and O–H groups in total. The zero-order valence-electron chi connectivity index (χ0n) is 16.2. The van der Waals surface area contributed by atoms with Gasteiger partial charge in [0, 0.05) is 25.8 Å². The lowest BCUT2D eigenvalue weighted by molar-refractivity contribution is 0.0962. The lowest BCUT2D eigenvalue weighted by atomic mass is 9.82. The Morgan fingerprint density at radius 1 is 1.21 bits per heavy atom. The lowest BCUT2D eigenvalue weighted by Crippen LogP contribution is -2.23. The molecule has 7 heteroatoms. The minimum atomic E-state index is 0.0562. The first kappa shape index (κ1) is 18.7. The highest BCUT2D eigenvalue weighted by Gasteiger charge is 2.29. The Morgan fingerprint density at radius 3 is 2.82 bits per heavy atom. The van der Waals surface area contributed by atoms with E-state index in [-0.39, 0.29) is 17.8 Å². The van der Waals surface area contributed by atoms with E-state index in [0.29, 0.717) is 42.4 Å². The number of rotatable bonds is 6. The number of hydrogen-bond donors (Lipinski definition) is 1. The minimum absolute atomic E-state index is 0.0562. The molecule has 148 valence electrons. The van der Waals surface area contributed by atoms with Crippen LogP contribution in [0.3, 0.4) is 0 Å². The molecule has 0 radical (unpaired) electrons. The minimum Gasteiger partial charge on any atom is -0.493 e. The first-order valence-corrected chi connectivity index (χ1v) is 9.64. The molecule has 2 aromatic rings. The van der Waals surface area contributed by atoms with Crippen molar-refractivity contribution in [1.29, 1.82) is 0 Å². The number of hydrogen-bond acceptors (Lipinski definition) is 7. The number of methoxy groups -OCH3 is 2. The Bertz CT molecular complexity index is 865. The molecule has 0 spiro atoms. The van der Waals surface area contributed by atoms with Gasteiger partial charge in [0.1, 0.15) is 0 Å². The summed E-state index contributed by atoms with van der Waals surface area (Å²) in [5.74, 6) is 2.03. The van der Waals surface area contributed by atoms with Crippen molar-refractivity contribution in [2.75, 3.05) is 32.7 Å². The molecular formula is C21H25N3O4. The van der Waals surface area contributed by atoms with Crippen LogP contribution >= 0.6 is 0 Å². The Labute approximate surface area is 164 Å². The van der Waals surface area contributed by atoms with Crippen molar-refractivity contribution < 1.29 is 19.0 Å². The third-order valence-electron chi connectivity index (χ3n) is 5.43. The summed E-state index contributed by atoms with van der Waals surface area (Å²) in [6.45, 7) is 1.50. The molecule has 1 fully saturated rings. The largest absolute Gasteiger partial charge is 0.493 e. The van der Waals surface area contributed by atoms with Gasteiger partial charge < -0.3 is 19.5 Å². The normalized spacial score (nSPS) is 21.3. The van der Waals surface area contributed by atoms with E-state index >= 15 is 0 Å². The van der Waals surface area contributed by atoms with Gasteiger partial charge in [0.15, 0.2) is 17.3 Å². The first-order valence-electron chi connectivity index (χ1n) is 9.64. The number of carbonyl (C=O) groups excluding carboxylic acids is 1. The van der Waals surface area contributed by atoms with Crippen molar-refractivity contribution in [2.45, 2.75) is 37.7 Å². The van der Waals surface area contributed by atoms with E-state index in [2.05, 4.69) is 15.3 Å². The Hall–Kier alpha value is -2.67. The van der Waals surface area contributed by atoms with Crippen LogP contribution < -0.4 is 14.8 Å². The molecule has 1 saturated heterocycles. The molecule has 2 aliphatic rings. The van der Waals surface area contributed by atoms with E-state index in [0.717, 1.165) is 30.7 Å². The Balaban J connectivity index is 1.53. The maximum absolute atomic E-state index is 12.6. The highest BCUT2D eigenvalue weighted by molar-refractivity contribution is 5.98. The van der Waals surface area contributed by atoms with Crippen molar-refractivity contribution in [3.8, 4) is 11.5 Å². The van der Waals surface area contributed by atoms with Crippen LogP contribution in [0, 0.1) is 0 Å². The molecule has 2 heterocycles. The number of aromatic nitrogens is 2. The van der Waals surface area contributed by atoms with E-state index in [4.69, 9.17) is 14.2 Å².